The molecule has 0 aliphatic carbocycles. The summed E-state index contributed by atoms with van der Waals surface area (Å²) in [4.78, 5) is 50.0. The van der Waals surface area contributed by atoms with Crippen molar-refractivity contribution in [3.63, 3.8) is 0 Å². The van der Waals surface area contributed by atoms with E-state index < -0.39 is 47.2 Å². The van der Waals surface area contributed by atoms with Gasteiger partial charge in [-0.3, -0.25) is 24.6 Å². The second-order valence-corrected chi connectivity index (χ2v) is 9.51. The molecule has 1 heterocycles. The van der Waals surface area contributed by atoms with E-state index in [2.05, 4.69) is 0 Å². The number of methoxy groups -OCH3 is 2. The fourth-order valence-electron chi connectivity index (χ4n) is 4.72. The molecule has 0 spiro atoms. The molecular formula is C30H30N2O10. The summed E-state index contributed by atoms with van der Waals surface area (Å²) in [6.45, 7) is 2.55. The zero-order chi connectivity index (χ0) is 30.4. The Morgan fingerprint density at radius 3 is 1.88 bits per heavy atom. The van der Waals surface area contributed by atoms with Gasteiger partial charge in [-0.15, -0.1) is 0 Å². The molecule has 12 nitrogen and oxygen atoms in total. The van der Waals surface area contributed by atoms with Gasteiger partial charge in [0.1, 0.15) is 30.1 Å². The van der Waals surface area contributed by atoms with E-state index in [1.54, 1.807) is 38.5 Å². The van der Waals surface area contributed by atoms with Crippen molar-refractivity contribution in [3.8, 4) is 11.5 Å². The van der Waals surface area contributed by atoms with Crippen molar-refractivity contribution in [2.45, 2.75) is 38.8 Å². The Morgan fingerprint density at radius 1 is 0.905 bits per heavy atom. The molecule has 3 aromatic carbocycles. The van der Waals surface area contributed by atoms with Gasteiger partial charge in [-0.2, -0.15) is 0 Å². The number of carbonyl (C=O) groups is 3. The number of rotatable bonds is 11. The maximum atomic E-state index is 13.7. The average molecular weight is 579 g/mol. The fraction of sp³-hybridized carbons (Fsp3) is 0.300. The Labute approximate surface area is 241 Å². The molecule has 0 aromatic heterocycles. The first kappa shape index (κ1) is 29.8. The van der Waals surface area contributed by atoms with Crippen LogP contribution in [0.1, 0.15) is 36.6 Å². The third-order valence-electron chi connectivity index (χ3n) is 6.84. The molecule has 12 heteroatoms. The number of benzene rings is 3. The monoisotopic (exact) mass is 578 g/mol. The van der Waals surface area contributed by atoms with E-state index >= 15 is 0 Å². The topological polar surface area (TPSA) is 144 Å². The average Bonchev–Trinajstić information content (AvgIpc) is 2.98. The first-order valence-corrected chi connectivity index (χ1v) is 13.0. The predicted octanol–water partition coefficient (Wildman–Crippen LogP) is 4.79. The molecule has 1 fully saturated rings. The normalized spacial score (nSPS) is 16.7. The second kappa shape index (κ2) is 13.0. The highest BCUT2D eigenvalue weighted by molar-refractivity contribution is 5.88. The molecule has 42 heavy (non-hydrogen) atoms. The van der Waals surface area contributed by atoms with Crippen LogP contribution < -0.4 is 9.47 Å². The molecule has 1 saturated heterocycles. The van der Waals surface area contributed by atoms with E-state index in [0.717, 1.165) is 11.1 Å². The number of hydrogen-bond acceptors (Lipinski definition) is 10. The lowest BCUT2D eigenvalue weighted by Crippen LogP contribution is -2.66. The van der Waals surface area contributed by atoms with Crippen LogP contribution in [0.4, 0.5) is 10.5 Å². The fourth-order valence-corrected chi connectivity index (χ4v) is 4.72. The Kier molecular flexibility index (Phi) is 9.25. The zero-order valence-electron chi connectivity index (χ0n) is 23.4. The number of non-ortho nitro benzene ring substituents is 1. The number of β-lactam (4-membered cyclic amide) rings is 1. The lowest BCUT2D eigenvalue weighted by atomic mass is 9.84. The van der Waals surface area contributed by atoms with Gasteiger partial charge in [0, 0.05) is 19.1 Å². The molecule has 1 unspecified atom stereocenters. The number of ether oxygens (including phenoxy) is 5. The molecule has 0 bridgehead atoms. The summed E-state index contributed by atoms with van der Waals surface area (Å²) >= 11 is 0. The molecule has 0 N–H and O–H groups in total. The maximum absolute atomic E-state index is 13.7. The smallest absolute Gasteiger partial charge is 0.497 e. The summed E-state index contributed by atoms with van der Waals surface area (Å²) in [5, 5.41) is 10.8. The van der Waals surface area contributed by atoms with Gasteiger partial charge in [-0.25, -0.2) is 4.79 Å². The van der Waals surface area contributed by atoms with Crippen molar-refractivity contribution < 1.29 is 43.0 Å². The van der Waals surface area contributed by atoms with Crippen LogP contribution in [-0.2, 0) is 30.4 Å². The molecule has 0 radical (unpaired) electrons. The van der Waals surface area contributed by atoms with Gasteiger partial charge in [0.15, 0.2) is 6.23 Å². The van der Waals surface area contributed by atoms with Crippen LogP contribution in [-0.4, -0.2) is 54.4 Å². The third kappa shape index (κ3) is 6.60. The molecule has 0 saturated carbocycles. The van der Waals surface area contributed by atoms with E-state index in [0.29, 0.717) is 17.1 Å². The zero-order valence-corrected chi connectivity index (χ0v) is 23.4. The van der Waals surface area contributed by atoms with E-state index in [-0.39, 0.29) is 12.3 Å². The Balaban J connectivity index is 1.53. The van der Waals surface area contributed by atoms with Crippen molar-refractivity contribution in [1.82, 2.24) is 4.90 Å². The summed E-state index contributed by atoms with van der Waals surface area (Å²) in [7, 11) is 3.10. The van der Waals surface area contributed by atoms with Crippen LogP contribution >= 0.6 is 0 Å². The van der Waals surface area contributed by atoms with Crippen molar-refractivity contribution >= 4 is 23.7 Å². The van der Waals surface area contributed by atoms with Crippen LogP contribution in [0.3, 0.4) is 0 Å². The van der Waals surface area contributed by atoms with Crippen LogP contribution in [0, 0.1) is 16.0 Å². The molecule has 1 aliphatic rings. The van der Waals surface area contributed by atoms with Gasteiger partial charge in [0.05, 0.1) is 25.2 Å². The summed E-state index contributed by atoms with van der Waals surface area (Å²) < 4.78 is 26.7. The van der Waals surface area contributed by atoms with Gasteiger partial charge in [-0.1, -0.05) is 24.3 Å². The van der Waals surface area contributed by atoms with E-state index in [1.807, 2.05) is 24.3 Å². The van der Waals surface area contributed by atoms with Gasteiger partial charge in [-0.05, 0) is 60.0 Å². The van der Waals surface area contributed by atoms with Crippen molar-refractivity contribution in [3.05, 3.63) is 99.6 Å². The quantitative estimate of drug-likeness (QED) is 0.135. The molecule has 220 valence electrons. The molecule has 4 rings (SSSR count). The summed E-state index contributed by atoms with van der Waals surface area (Å²) in [5.41, 5.74) is 1.89. The molecule has 3 atom stereocenters. The Bertz CT molecular complexity index is 1380. The number of nitro groups is 1. The van der Waals surface area contributed by atoms with Gasteiger partial charge in [0.2, 0.25) is 5.91 Å². The van der Waals surface area contributed by atoms with Crippen LogP contribution in [0.2, 0.25) is 0 Å². The SMILES string of the molecule is COc1ccc(C(c2ccc(OC)cc2)N2C(=O)[C@H](C(C)OC(=O)OCc3ccc([N+](=O)[O-])cc3)[C@H]2OC(C)=O)cc1. The summed E-state index contributed by atoms with van der Waals surface area (Å²) in [5.74, 6) is -0.733. The lowest BCUT2D eigenvalue weighted by Gasteiger charge is -2.51. The number of amides is 1. The number of likely N-dealkylation sites (tertiary alicyclic amines) is 1. The minimum absolute atomic E-state index is 0.0953. The minimum Gasteiger partial charge on any atom is -0.497 e. The predicted molar refractivity (Wildman–Crippen MR) is 148 cm³/mol. The first-order valence-electron chi connectivity index (χ1n) is 13.0. The highest BCUT2D eigenvalue weighted by Crippen LogP contribution is 2.43. The highest BCUT2D eigenvalue weighted by Gasteiger charge is 2.56. The number of esters is 1. The molecule has 1 aliphatic heterocycles. The lowest BCUT2D eigenvalue weighted by molar-refractivity contribution is -0.384. The molecule has 3 aromatic rings. The second-order valence-electron chi connectivity index (χ2n) is 9.51. The van der Waals surface area contributed by atoms with Crippen molar-refractivity contribution in [1.29, 1.82) is 0 Å². The standard InChI is InChI=1S/C30H30N2O10/c1-18(41-30(35)40-17-20-5-11-23(12-6-20)32(36)37)26-28(34)31(29(26)42-19(2)33)27(21-7-13-24(38-3)14-8-21)22-9-15-25(39-4)16-10-22/h5-16,18,26-27,29H,17H2,1-4H3/t18?,26-,29+/m0/s1. The Hall–Kier alpha value is -5.13. The number of nitrogens with zero attached hydrogens (tertiary/aromatic N) is 2. The summed E-state index contributed by atoms with van der Waals surface area (Å²) in [6.07, 6.45) is -3.09. The Morgan fingerprint density at radius 2 is 1.43 bits per heavy atom. The largest absolute Gasteiger partial charge is 0.508 e. The van der Waals surface area contributed by atoms with E-state index in [1.165, 1.54) is 43.0 Å². The minimum atomic E-state index is -1.05. The van der Waals surface area contributed by atoms with Crippen molar-refractivity contribution in [2.75, 3.05) is 14.2 Å². The number of carbonyl (C=O) groups excluding carboxylic acids is 3. The third-order valence-corrected chi connectivity index (χ3v) is 6.84. The van der Waals surface area contributed by atoms with Gasteiger partial charge < -0.3 is 23.7 Å². The van der Waals surface area contributed by atoms with Crippen LogP contribution in [0.5, 0.6) is 11.5 Å². The number of nitro benzene ring substituents is 1. The van der Waals surface area contributed by atoms with E-state index in [4.69, 9.17) is 23.7 Å². The van der Waals surface area contributed by atoms with Crippen molar-refractivity contribution in [2.24, 2.45) is 5.92 Å². The van der Waals surface area contributed by atoms with Crippen LogP contribution in [0.25, 0.3) is 0 Å². The van der Waals surface area contributed by atoms with Crippen LogP contribution in [0.15, 0.2) is 72.8 Å². The first-order chi connectivity index (χ1) is 20.1. The van der Waals surface area contributed by atoms with Gasteiger partial charge >= 0.3 is 12.1 Å². The molecule has 1 amide bonds. The van der Waals surface area contributed by atoms with Gasteiger partial charge in [0.25, 0.3) is 5.69 Å². The maximum Gasteiger partial charge on any atom is 0.508 e. The van der Waals surface area contributed by atoms with E-state index in [9.17, 15) is 24.5 Å². The summed E-state index contributed by atoms with van der Waals surface area (Å²) in [6, 6.07) is 19.2. The highest BCUT2D eigenvalue weighted by atomic mass is 16.7. The molecular weight excluding hydrogens is 548 g/mol. The number of hydrogen-bond donors (Lipinski definition) is 0.